The van der Waals surface area contributed by atoms with Gasteiger partial charge in [-0.15, -0.1) is 0 Å². The molecule has 1 aliphatic rings. The molecule has 0 aliphatic carbocycles. The van der Waals surface area contributed by atoms with Crippen molar-refractivity contribution in [2.75, 3.05) is 13.7 Å². The van der Waals surface area contributed by atoms with Crippen LogP contribution in [-0.2, 0) is 4.79 Å². The first-order valence-corrected chi connectivity index (χ1v) is 8.14. The minimum atomic E-state index is -0.209. The van der Waals surface area contributed by atoms with Crippen LogP contribution in [0.15, 0.2) is 17.0 Å². The molecule has 0 radical (unpaired) electrons. The van der Waals surface area contributed by atoms with Crippen molar-refractivity contribution >= 4 is 29.0 Å². The highest BCUT2D eigenvalue weighted by Gasteiger charge is 2.33. The van der Waals surface area contributed by atoms with Gasteiger partial charge in [-0.05, 0) is 66.4 Å². The van der Waals surface area contributed by atoms with E-state index in [-0.39, 0.29) is 11.1 Å². The monoisotopic (exact) mass is 319 g/mol. The Morgan fingerprint density at radius 2 is 2.00 bits per heavy atom. The lowest BCUT2D eigenvalue weighted by atomic mass is 9.96. The summed E-state index contributed by atoms with van der Waals surface area (Å²) < 4.78 is 5.43. The number of carbonyl (C=O) groups excluding carboxylic acids is 2. The molecule has 5 heteroatoms. The fraction of sp³-hybridized carbons (Fsp3) is 0.412. The van der Waals surface area contributed by atoms with E-state index < -0.39 is 0 Å². The van der Waals surface area contributed by atoms with Crippen LogP contribution in [0.4, 0.5) is 4.79 Å². The van der Waals surface area contributed by atoms with Gasteiger partial charge in [0.2, 0.25) is 0 Å². The standard InChI is InChI=1S/C17H21NO3S/c1-6-18-16(19)15(22-17(18)20)9-12-8-13(10(2)3)14(21-5)7-11(12)4/h7-10H,6H2,1-5H3/b15-9-. The van der Waals surface area contributed by atoms with E-state index in [1.807, 2.05) is 19.1 Å². The molecule has 1 fully saturated rings. The van der Waals surface area contributed by atoms with Crippen LogP contribution in [0.2, 0.25) is 0 Å². The minimum Gasteiger partial charge on any atom is -0.496 e. The van der Waals surface area contributed by atoms with Gasteiger partial charge in [0, 0.05) is 6.54 Å². The fourth-order valence-corrected chi connectivity index (χ4v) is 3.31. The molecule has 0 spiro atoms. The summed E-state index contributed by atoms with van der Waals surface area (Å²) in [6.07, 6.45) is 1.81. The lowest BCUT2D eigenvalue weighted by Crippen LogP contribution is -2.27. The van der Waals surface area contributed by atoms with E-state index in [1.165, 1.54) is 4.90 Å². The van der Waals surface area contributed by atoms with Crippen LogP contribution in [0, 0.1) is 6.92 Å². The Morgan fingerprint density at radius 1 is 1.32 bits per heavy atom. The van der Waals surface area contributed by atoms with Crippen molar-refractivity contribution in [1.82, 2.24) is 4.90 Å². The second kappa shape index (κ2) is 6.57. The highest BCUT2D eigenvalue weighted by molar-refractivity contribution is 8.18. The Bertz CT molecular complexity index is 650. The average molecular weight is 319 g/mol. The van der Waals surface area contributed by atoms with Crippen LogP contribution in [0.1, 0.15) is 43.4 Å². The molecule has 0 saturated carbocycles. The summed E-state index contributed by atoms with van der Waals surface area (Å²) in [5, 5.41) is -0.200. The second-order valence-electron chi connectivity index (χ2n) is 5.53. The molecule has 1 aromatic rings. The zero-order valence-electron chi connectivity index (χ0n) is 13.6. The molecule has 118 valence electrons. The number of ether oxygens (including phenoxy) is 1. The SMILES string of the molecule is CCN1C(=O)S/C(=C\c2cc(C(C)C)c(OC)cc2C)C1=O. The summed E-state index contributed by atoms with van der Waals surface area (Å²) in [6.45, 7) is 8.38. The number of aryl methyl sites for hydroxylation is 1. The Balaban J connectivity index is 2.46. The van der Waals surface area contributed by atoms with E-state index in [1.54, 1.807) is 20.1 Å². The molecule has 4 nitrogen and oxygen atoms in total. The molecular formula is C17H21NO3S. The lowest BCUT2D eigenvalue weighted by molar-refractivity contribution is -0.122. The van der Waals surface area contributed by atoms with Crippen LogP contribution in [0.5, 0.6) is 5.75 Å². The molecular weight excluding hydrogens is 298 g/mol. The van der Waals surface area contributed by atoms with Gasteiger partial charge in [0.1, 0.15) is 5.75 Å². The number of likely N-dealkylation sites (N-methyl/N-ethyl adjacent to an activating group) is 1. The molecule has 1 saturated heterocycles. The summed E-state index contributed by atoms with van der Waals surface area (Å²) >= 11 is 1.00. The number of hydrogen-bond acceptors (Lipinski definition) is 4. The fourth-order valence-electron chi connectivity index (χ4n) is 2.41. The van der Waals surface area contributed by atoms with Gasteiger partial charge in [0.25, 0.3) is 11.1 Å². The van der Waals surface area contributed by atoms with E-state index in [9.17, 15) is 9.59 Å². The smallest absolute Gasteiger partial charge is 0.293 e. The number of hydrogen-bond donors (Lipinski definition) is 0. The quantitative estimate of drug-likeness (QED) is 0.781. The van der Waals surface area contributed by atoms with E-state index in [0.29, 0.717) is 17.4 Å². The normalized spacial score (nSPS) is 17.0. The van der Waals surface area contributed by atoms with Gasteiger partial charge >= 0.3 is 0 Å². The van der Waals surface area contributed by atoms with Crippen molar-refractivity contribution in [1.29, 1.82) is 0 Å². The van der Waals surface area contributed by atoms with Crippen molar-refractivity contribution in [3.05, 3.63) is 33.7 Å². The summed E-state index contributed by atoms with van der Waals surface area (Å²) in [6, 6.07) is 4.02. The first-order valence-electron chi connectivity index (χ1n) is 7.32. The molecule has 2 rings (SSSR count). The van der Waals surface area contributed by atoms with Gasteiger partial charge in [0.15, 0.2) is 0 Å². The minimum absolute atomic E-state index is 0.200. The van der Waals surface area contributed by atoms with E-state index in [4.69, 9.17) is 4.74 Å². The topological polar surface area (TPSA) is 46.6 Å². The van der Waals surface area contributed by atoms with E-state index in [2.05, 4.69) is 13.8 Å². The van der Waals surface area contributed by atoms with Crippen LogP contribution in [0.3, 0.4) is 0 Å². The number of thioether (sulfide) groups is 1. The van der Waals surface area contributed by atoms with Gasteiger partial charge in [-0.1, -0.05) is 13.8 Å². The van der Waals surface area contributed by atoms with E-state index >= 15 is 0 Å². The number of nitrogens with zero attached hydrogens (tertiary/aromatic N) is 1. The molecule has 22 heavy (non-hydrogen) atoms. The summed E-state index contributed by atoms with van der Waals surface area (Å²) in [4.78, 5) is 25.7. The van der Waals surface area contributed by atoms with Crippen molar-refractivity contribution < 1.29 is 14.3 Å². The zero-order chi connectivity index (χ0) is 16.4. The Labute approximate surface area is 135 Å². The Kier molecular flexibility index (Phi) is 4.96. The van der Waals surface area contributed by atoms with Crippen LogP contribution in [0.25, 0.3) is 6.08 Å². The third kappa shape index (κ3) is 3.04. The predicted molar refractivity (Wildman–Crippen MR) is 90.2 cm³/mol. The summed E-state index contributed by atoms with van der Waals surface area (Å²) in [5.41, 5.74) is 3.06. The molecule has 1 aromatic carbocycles. The number of methoxy groups -OCH3 is 1. The van der Waals surface area contributed by atoms with Crippen molar-refractivity contribution in [2.24, 2.45) is 0 Å². The Morgan fingerprint density at radius 3 is 2.50 bits per heavy atom. The molecule has 0 aromatic heterocycles. The third-order valence-corrected chi connectivity index (χ3v) is 4.62. The van der Waals surface area contributed by atoms with Gasteiger partial charge in [-0.2, -0.15) is 0 Å². The molecule has 0 bridgehead atoms. The maximum absolute atomic E-state index is 12.2. The number of rotatable bonds is 4. The van der Waals surface area contributed by atoms with Crippen LogP contribution in [-0.4, -0.2) is 29.7 Å². The summed E-state index contributed by atoms with van der Waals surface area (Å²) in [5.74, 6) is 0.957. The average Bonchev–Trinajstić information content (AvgIpc) is 2.74. The third-order valence-electron chi connectivity index (χ3n) is 3.72. The number of carbonyl (C=O) groups is 2. The summed E-state index contributed by atoms with van der Waals surface area (Å²) in [7, 11) is 1.66. The Hall–Kier alpha value is -1.75. The first kappa shape index (κ1) is 16.6. The number of imide groups is 1. The van der Waals surface area contributed by atoms with Crippen molar-refractivity contribution in [2.45, 2.75) is 33.6 Å². The highest BCUT2D eigenvalue weighted by Crippen LogP contribution is 2.35. The van der Waals surface area contributed by atoms with Gasteiger partial charge in [-0.25, -0.2) is 0 Å². The largest absolute Gasteiger partial charge is 0.496 e. The molecule has 2 amide bonds. The predicted octanol–water partition coefficient (Wildman–Crippen LogP) is 4.18. The molecule has 0 atom stereocenters. The van der Waals surface area contributed by atoms with Gasteiger partial charge < -0.3 is 4.74 Å². The maximum Gasteiger partial charge on any atom is 0.293 e. The number of amides is 2. The first-order chi connectivity index (χ1) is 10.4. The van der Waals surface area contributed by atoms with Crippen molar-refractivity contribution in [3.63, 3.8) is 0 Å². The second-order valence-corrected chi connectivity index (χ2v) is 6.52. The highest BCUT2D eigenvalue weighted by atomic mass is 32.2. The lowest BCUT2D eigenvalue weighted by Gasteiger charge is -2.15. The zero-order valence-corrected chi connectivity index (χ0v) is 14.4. The van der Waals surface area contributed by atoms with Gasteiger partial charge in [-0.3, -0.25) is 14.5 Å². The number of benzene rings is 1. The molecule has 0 unspecified atom stereocenters. The maximum atomic E-state index is 12.2. The molecule has 1 aliphatic heterocycles. The van der Waals surface area contributed by atoms with E-state index in [0.717, 1.165) is 34.2 Å². The van der Waals surface area contributed by atoms with Crippen LogP contribution < -0.4 is 4.74 Å². The van der Waals surface area contributed by atoms with Crippen molar-refractivity contribution in [3.8, 4) is 5.75 Å². The molecule has 0 N–H and O–H groups in total. The van der Waals surface area contributed by atoms with Crippen LogP contribution >= 0.6 is 11.8 Å². The molecule has 1 heterocycles. The van der Waals surface area contributed by atoms with Gasteiger partial charge in [0.05, 0.1) is 12.0 Å².